The molecule has 12 heavy (non-hydrogen) atoms. The summed E-state index contributed by atoms with van der Waals surface area (Å²) < 4.78 is 4.96. The molecule has 0 rings (SSSR count). The van der Waals surface area contributed by atoms with E-state index < -0.39 is 6.10 Å². The van der Waals surface area contributed by atoms with Gasteiger partial charge in [-0.2, -0.15) is 0 Å². The normalized spacial score (nSPS) is 16.0. The lowest BCUT2D eigenvalue weighted by molar-refractivity contribution is -0.0422. The minimum Gasteiger partial charge on any atom is -0.396 e. The first-order valence-electron chi connectivity index (χ1n) is 4.18. The fourth-order valence-electron chi connectivity index (χ4n) is 1.04. The predicted molar refractivity (Wildman–Crippen MR) is 44.8 cm³/mol. The summed E-state index contributed by atoms with van der Waals surface area (Å²) in [5.74, 6) is 0. The summed E-state index contributed by atoms with van der Waals surface area (Å²) in [5.41, 5.74) is 0. The van der Waals surface area contributed by atoms with Crippen molar-refractivity contribution in [1.29, 1.82) is 0 Å². The van der Waals surface area contributed by atoms with Gasteiger partial charge in [0.05, 0.1) is 12.7 Å². The smallest absolute Gasteiger partial charge is 0.103 e. The molecule has 4 nitrogen and oxygen atoms in total. The number of aliphatic hydroxyl groups is 3. The molecular formula is C8H18O4. The number of rotatable bonds is 7. The fourth-order valence-corrected chi connectivity index (χ4v) is 1.04. The van der Waals surface area contributed by atoms with Crippen LogP contribution in [0.15, 0.2) is 0 Å². The van der Waals surface area contributed by atoms with E-state index >= 15 is 0 Å². The Balaban J connectivity index is 3.52. The standard InChI is InChI=1S/C8H18O4/c1-12-8(7(11)6-10)4-2-3-5-9/h7-11H,2-6H2,1H3. The van der Waals surface area contributed by atoms with E-state index in [4.69, 9.17) is 14.9 Å². The largest absolute Gasteiger partial charge is 0.396 e. The third-order valence-corrected chi connectivity index (χ3v) is 1.82. The SMILES string of the molecule is COC(CCCCO)C(O)CO. The van der Waals surface area contributed by atoms with Crippen LogP contribution in [0.3, 0.4) is 0 Å². The number of hydrogen-bond donors (Lipinski definition) is 3. The molecule has 0 aromatic carbocycles. The molecule has 2 atom stereocenters. The second-order valence-electron chi connectivity index (χ2n) is 2.74. The van der Waals surface area contributed by atoms with Crippen molar-refractivity contribution < 1.29 is 20.1 Å². The first kappa shape index (κ1) is 11.8. The molecule has 0 bridgehead atoms. The second kappa shape index (κ2) is 7.49. The fraction of sp³-hybridized carbons (Fsp3) is 1.00. The lowest BCUT2D eigenvalue weighted by Crippen LogP contribution is -2.31. The van der Waals surface area contributed by atoms with Gasteiger partial charge in [0, 0.05) is 13.7 Å². The third kappa shape index (κ3) is 4.66. The molecule has 0 fully saturated rings. The van der Waals surface area contributed by atoms with Crippen molar-refractivity contribution in [2.24, 2.45) is 0 Å². The van der Waals surface area contributed by atoms with Crippen LogP contribution < -0.4 is 0 Å². The Morgan fingerprint density at radius 1 is 1.25 bits per heavy atom. The van der Waals surface area contributed by atoms with Crippen LogP contribution in [-0.2, 0) is 4.74 Å². The van der Waals surface area contributed by atoms with Gasteiger partial charge in [-0.15, -0.1) is 0 Å². The summed E-state index contributed by atoms with van der Waals surface area (Å²) in [6.45, 7) is -0.122. The van der Waals surface area contributed by atoms with Gasteiger partial charge in [-0.25, -0.2) is 0 Å². The molecule has 0 amide bonds. The van der Waals surface area contributed by atoms with Gasteiger partial charge in [-0.1, -0.05) is 0 Å². The zero-order valence-corrected chi connectivity index (χ0v) is 7.44. The van der Waals surface area contributed by atoms with Crippen LogP contribution in [0.5, 0.6) is 0 Å². The molecule has 3 N–H and O–H groups in total. The van der Waals surface area contributed by atoms with Crippen LogP contribution >= 0.6 is 0 Å². The number of methoxy groups -OCH3 is 1. The summed E-state index contributed by atoms with van der Waals surface area (Å²) in [4.78, 5) is 0. The molecule has 0 heterocycles. The zero-order chi connectivity index (χ0) is 9.40. The van der Waals surface area contributed by atoms with E-state index in [0.717, 1.165) is 6.42 Å². The van der Waals surface area contributed by atoms with Crippen LogP contribution in [0.1, 0.15) is 19.3 Å². The van der Waals surface area contributed by atoms with Gasteiger partial charge in [-0.05, 0) is 19.3 Å². The average Bonchev–Trinajstić information content (AvgIpc) is 2.11. The average molecular weight is 178 g/mol. The highest BCUT2D eigenvalue weighted by molar-refractivity contribution is 4.67. The minimum absolute atomic E-state index is 0.158. The van der Waals surface area contributed by atoms with Crippen molar-refractivity contribution in [2.75, 3.05) is 20.3 Å². The van der Waals surface area contributed by atoms with Crippen molar-refractivity contribution in [3.63, 3.8) is 0 Å². The Kier molecular flexibility index (Phi) is 7.39. The maximum absolute atomic E-state index is 9.18. The zero-order valence-electron chi connectivity index (χ0n) is 7.44. The summed E-state index contributed by atoms with van der Waals surface area (Å²) in [5, 5.41) is 26.3. The first-order valence-corrected chi connectivity index (χ1v) is 4.18. The molecule has 0 aliphatic rings. The van der Waals surface area contributed by atoms with Crippen molar-refractivity contribution >= 4 is 0 Å². The molecule has 0 spiro atoms. The number of hydrogen-bond acceptors (Lipinski definition) is 4. The third-order valence-electron chi connectivity index (χ3n) is 1.82. The van der Waals surface area contributed by atoms with Gasteiger partial charge < -0.3 is 20.1 Å². The number of aliphatic hydroxyl groups excluding tert-OH is 3. The molecule has 0 saturated carbocycles. The quantitative estimate of drug-likeness (QED) is 0.460. The topological polar surface area (TPSA) is 69.9 Å². The first-order chi connectivity index (χ1) is 5.76. The lowest BCUT2D eigenvalue weighted by atomic mass is 10.1. The van der Waals surface area contributed by atoms with Crippen LogP contribution in [0.2, 0.25) is 0 Å². The molecule has 0 saturated heterocycles. The molecule has 0 radical (unpaired) electrons. The highest BCUT2D eigenvalue weighted by Crippen LogP contribution is 2.07. The van der Waals surface area contributed by atoms with E-state index in [0.29, 0.717) is 12.8 Å². The molecule has 4 heteroatoms. The van der Waals surface area contributed by atoms with Crippen molar-refractivity contribution in [3.05, 3.63) is 0 Å². The molecule has 74 valence electrons. The van der Waals surface area contributed by atoms with E-state index in [1.54, 1.807) is 0 Å². The van der Waals surface area contributed by atoms with E-state index in [2.05, 4.69) is 0 Å². The Morgan fingerprint density at radius 2 is 1.92 bits per heavy atom. The number of ether oxygens (including phenoxy) is 1. The Bertz CT molecular complexity index is 97.1. The molecule has 0 aromatic heterocycles. The van der Waals surface area contributed by atoms with Crippen LogP contribution in [0, 0.1) is 0 Å². The van der Waals surface area contributed by atoms with E-state index in [1.165, 1.54) is 7.11 Å². The van der Waals surface area contributed by atoms with E-state index in [-0.39, 0.29) is 19.3 Å². The Hall–Kier alpha value is -0.160. The molecule has 0 aliphatic heterocycles. The molecule has 2 unspecified atom stereocenters. The Morgan fingerprint density at radius 3 is 2.33 bits per heavy atom. The maximum Gasteiger partial charge on any atom is 0.103 e. The van der Waals surface area contributed by atoms with E-state index in [1.807, 2.05) is 0 Å². The van der Waals surface area contributed by atoms with Crippen LogP contribution in [0.25, 0.3) is 0 Å². The predicted octanol–water partition coefficient (Wildman–Crippen LogP) is -0.483. The minimum atomic E-state index is -0.811. The van der Waals surface area contributed by atoms with Gasteiger partial charge >= 0.3 is 0 Å². The van der Waals surface area contributed by atoms with Gasteiger partial charge in [0.1, 0.15) is 6.10 Å². The van der Waals surface area contributed by atoms with Gasteiger partial charge in [0.25, 0.3) is 0 Å². The number of unbranched alkanes of at least 4 members (excludes halogenated alkanes) is 1. The van der Waals surface area contributed by atoms with Crippen molar-refractivity contribution in [2.45, 2.75) is 31.5 Å². The highest BCUT2D eigenvalue weighted by atomic mass is 16.5. The maximum atomic E-state index is 9.18. The summed E-state index contributed by atoms with van der Waals surface area (Å²) >= 11 is 0. The van der Waals surface area contributed by atoms with Gasteiger partial charge in [0.2, 0.25) is 0 Å². The monoisotopic (exact) mass is 178 g/mol. The van der Waals surface area contributed by atoms with Crippen LogP contribution in [0.4, 0.5) is 0 Å². The van der Waals surface area contributed by atoms with Crippen LogP contribution in [-0.4, -0.2) is 47.9 Å². The molecule has 0 aliphatic carbocycles. The van der Waals surface area contributed by atoms with Gasteiger partial charge in [-0.3, -0.25) is 0 Å². The highest BCUT2D eigenvalue weighted by Gasteiger charge is 2.16. The van der Waals surface area contributed by atoms with Gasteiger partial charge in [0.15, 0.2) is 0 Å². The molecule has 0 aromatic rings. The summed E-state index contributed by atoms with van der Waals surface area (Å²) in [7, 11) is 1.50. The summed E-state index contributed by atoms with van der Waals surface area (Å²) in [6.07, 6.45) is 1.04. The summed E-state index contributed by atoms with van der Waals surface area (Å²) in [6, 6.07) is 0. The lowest BCUT2D eigenvalue weighted by Gasteiger charge is -2.19. The van der Waals surface area contributed by atoms with E-state index in [9.17, 15) is 5.11 Å². The second-order valence-corrected chi connectivity index (χ2v) is 2.74. The Labute approximate surface area is 72.8 Å². The van der Waals surface area contributed by atoms with Crippen molar-refractivity contribution in [3.8, 4) is 0 Å². The van der Waals surface area contributed by atoms with Crippen molar-refractivity contribution in [1.82, 2.24) is 0 Å². The molecular weight excluding hydrogens is 160 g/mol.